The standard InChI is InChI=1S/C11H18IN3O/c1-5-11(3,16-6-2)10-14-7-8(12)9(13-4)15-10/h7H,5-6H2,1-4H3,(H,13,14,15). The zero-order valence-electron chi connectivity index (χ0n) is 10.2. The van der Waals surface area contributed by atoms with Crippen molar-refractivity contribution in [3.63, 3.8) is 0 Å². The highest BCUT2D eigenvalue weighted by Crippen LogP contribution is 2.27. The van der Waals surface area contributed by atoms with Crippen molar-refractivity contribution in [2.75, 3.05) is 19.0 Å². The Bertz CT molecular complexity index is 359. The van der Waals surface area contributed by atoms with E-state index in [4.69, 9.17) is 4.74 Å². The minimum Gasteiger partial charge on any atom is -0.372 e. The Kier molecular flexibility index (Phi) is 4.91. The first-order chi connectivity index (χ1) is 7.57. The van der Waals surface area contributed by atoms with Crippen LogP contribution in [0.5, 0.6) is 0 Å². The van der Waals surface area contributed by atoms with Gasteiger partial charge in [-0.3, -0.25) is 0 Å². The maximum Gasteiger partial charge on any atom is 0.162 e. The first-order valence-electron chi connectivity index (χ1n) is 5.42. The molecular weight excluding hydrogens is 317 g/mol. The third kappa shape index (κ3) is 2.82. The minimum atomic E-state index is -0.398. The van der Waals surface area contributed by atoms with Gasteiger partial charge >= 0.3 is 0 Å². The fourth-order valence-electron chi connectivity index (χ4n) is 1.44. The molecule has 1 atom stereocenters. The van der Waals surface area contributed by atoms with E-state index in [1.165, 1.54) is 0 Å². The van der Waals surface area contributed by atoms with Gasteiger partial charge in [0.1, 0.15) is 11.4 Å². The topological polar surface area (TPSA) is 47.0 Å². The molecule has 90 valence electrons. The molecule has 0 radical (unpaired) electrons. The molecule has 0 amide bonds. The van der Waals surface area contributed by atoms with Gasteiger partial charge in [0.05, 0.1) is 3.57 Å². The van der Waals surface area contributed by atoms with Gasteiger partial charge in [-0.25, -0.2) is 9.97 Å². The summed E-state index contributed by atoms with van der Waals surface area (Å²) in [6, 6.07) is 0. The molecule has 16 heavy (non-hydrogen) atoms. The van der Waals surface area contributed by atoms with E-state index < -0.39 is 5.60 Å². The lowest BCUT2D eigenvalue weighted by Gasteiger charge is -2.26. The molecule has 5 heteroatoms. The largest absolute Gasteiger partial charge is 0.372 e. The zero-order valence-corrected chi connectivity index (χ0v) is 12.3. The molecule has 0 saturated carbocycles. The van der Waals surface area contributed by atoms with Crippen LogP contribution in [-0.2, 0) is 10.3 Å². The molecule has 1 aromatic rings. The smallest absolute Gasteiger partial charge is 0.162 e. The molecule has 1 heterocycles. The monoisotopic (exact) mass is 335 g/mol. The molecule has 0 bridgehead atoms. The summed E-state index contributed by atoms with van der Waals surface area (Å²) in [7, 11) is 1.86. The lowest BCUT2D eigenvalue weighted by atomic mass is 10.0. The summed E-state index contributed by atoms with van der Waals surface area (Å²) >= 11 is 2.21. The number of halogens is 1. The predicted molar refractivity (Wildman–Crippen MR) is 73.6 cm³/mol. The van der Waals surface area contributed by atoms with Crippen LogP contribution in [0.4, 0.5) is 5.82 Å². The van der Waals surface area contributed by atoms with Crippen LogP contribution in [0.3, 0.4) is 0 Å². The van der Waals surface area contributed by atoms with Crippen LogP contribution in [0.2, 0.25) is 0 Å². The Hall–Kier alpha value is -0.430. The molecule has 1 aromatic heterocycles. The van der Waals surface area contributed by atoms with E-state index in [1.54, 1.807) is 0 Å². The van der Waals surface area contributed by atoms with Crippen molar-refractivity contribution in [1.82, 2.24) is 9.97 Å². The molecule has 1 rings (SSSR count). The summed E-state index contributed by atoms with van der Waals surface area (Å²) < 4.78 is 6.76. The molecular formula is C11H18IN3O. The molecule has 0 aromatic carbocycles. The molecule has 1 N–H and O–H groups in total. The van der Waals surface area contributed by atoms with Crippen molar-refractivity contribution in [3.05, 3.63) is 15.6 Å². The summed E-state index contributed by atoms with van der Waals surface area (Å²) in [5, 5.41) is 3.06. The number of ether oxygens (including phenoxy) is 1. The van der Waals surface area contributed by atoms with Gasteiger partial charge in [0.2, 0.25) is 0 Å². The van der Waals surface area contributed by atoms with Gasteiger partial charge in [-0.1, -0.05) is 6.92 Å². The Balaban J connectivity index is 3.10. The van der Waals surface area contributed by atoms with Crippen molar-refractivity contribution >= 4 is 28.4 Å². The first kappa shape index (κ1) is 13.6. The van der Waals surface area contributed by atoms with Gasteiger partial charge in [0.15, 0.2) is 5.82 Å². The van der Waals surface area contributed by atoms with Gasteiger partial charge in [-0.15, -0.1) is 0 Å². The summed E-state index contributed by atoms with van der Waals surface area (Å²) in [5.74, 6) is 1.59. The average molecular weight is 335 g/mol. The Labute approximate surface area is 110 Å². The van der Waals surface area contributed by atoms with Gasteiger partial charge in [-0.05, 0) is 42.9 Å². The fraction of sp³-hybridized carbons (Fsp3) is 0.636. The molecule has 0 aliphatic carbocycles. The number of rotatable bonds is 5. The highest BCUT2D eigenvalue weighted by atomic mass is 127. The Morgan fingerprint density at radius 3 is 2.69 bits per heavy atom. The van der Waals surface area contributed by atoms with E-state index in [0.717, 1.165) is 21.6 Å². The van der Waals surface area contributed by atoms with Crippen LogP contribution < -0.4 is 5.32 Å². The number of nitrogens with one attached hydrogen (secondary N) is 1. The van der Waals surface area contributed by atoms with Crippen molar-refractivity contribution < 1.29 is 4.74 Å². The maximum atomic E-state index is 5.75. The third-order valence-corrected chi connectivity index (χ3v) is 3.38. The van der Waals surface area contributed by atoms with Crippen molar-refractivity contribution in [2.45, 2.75) is 32.8 Å². The molecule has 0 aliphatic heterocycles. The van der Waals surface area contributed by atoms with E-state index in [-0.39, 0.29) is 0 Å². The van der Waals surface area contributed by atoms with Crippen molar-refractivity contribution in [1.29, 1.82) is 0 Å². The van der Waals surface area contributed by atoms with E-state index >= 15 is 0 Å². The number of anilines is 1. The van der Waals surface area contributed by atoms with Gasteiger partial charge in [0, 0.05) is 19.9 Å². The van der Waals surface area contributed by atoms with E-state index in [2.05, 4.69) is 44.8 Å². The Morgan fingerprint density at radius 2 is 2.19 bits per heavy atom. The fourth-order valence-corrected chi connectivity index (χ4v) is 1.97. The second kappa shape index (κ2) is 5.77. The predicted octanol–water partition coefficient (Wildman–Crippen LogP) is 2.78. The number of hydrogen-bond acceptors (Lipinski definition) is 4. The van der Waals surface area contributed by atoms with Gasteiger partial charge in [0.25, 0.3) is 0 Å². The van der Waals surface area contributed by atoms with Gasteiger partial charge in [-0.2, -0.15) is 0 Å². The van der Waals surface area contributed by atoms with E-state index in [1.807, 2.05) is 27.1 Å². The van der Waals surface area contributed by atoms with Crippen molar-refractivity contribution in [3.8, 4) is 0 Å². The van der Waals surface area contributed by atoms with Crippen LogP contribution >= 0.6 is 22.6 Å². The minimum absolute atomic E-state index is 0.398. The third-order valence-electron chi connectivity index (χ3n) is 2.59. The van der Waals surface area contributed by atoms with Crippen LogP contribution in [-0.4, -0.2) is 23.6 Å². The molecule has 0 spiro atoms. The lowest BCUT2D eigenvalue weighted by Crippen LogP contribution is -2.28. The summed E-state index contributed by atoms with van der Waals surface area (Å²) in [6.45, 7) is 6.75. The quantitative estimate of drug-likeness (QED) is 0.841. The number of hydrogen-bond donors (Lipinski definition) is 1. The lowest BCUT2D eigenvalue weighted by molar-refractivity contribution is -0.0389. The number of aromatic nitrogens is 2. The maximum absolute atomic E-state index is 5.75. The SMILES string of the molecule is CCOC(C)(CC)c1ncc(I)c(NC)n1. The molecule has 4 nitrogen and oxygen atoms in total. The summed E-state index contributed by atoms with van der Waals surface area (Å²) in [6.07, 6.45) is 2.67. The Morgan fingerprint density at radius 1 is 1.50 bits per heavy atom. The van der Waals surface area contributed by atoms with Crippen molar-refractivity contribution in [2.24, 2.45) is 0 Å². The molecule has 0 aliphatic rings. The van der Waals surface area contributed by atoms with Gasteiger partial charge < -0.3 is 10.1 Å². The number of nitrogens with zero attached hydrogens (tertiary/aromatic N) is 2. The van der Waals surface area contributed by atoms with Crippen LogP contribution in [0.15, 0.2) is 6.20 Å². The highest BCUT2D eigenvalue weighted by molar-refractivity contribution is 14.1. The highest BCUT2D eigenvalue weighted by Gasteiger charge is 2.28. The van der Waals surface area contributed by atoms with E-state index in [0.29, 0.717) is 6.61 Å². The first-order valence-corrected chi connectivity index (χ1v) is 6.50. The molecule has 0 saturated heterocycles. The second-order valence-electron chi connectivity index (χ2n) is 3.66. The summed E-state index contributed by atoms with van der Waals surface area (Å²) in [4.78, 5) is 8.86. The molecule has 0 fully saturated rings. The summed E-state index contributed by atoms with van der Waals surface area (Å²) in [5.41, 5.74) is -0.398. The van der Waals surface area contributed by atoms with Crippen LogP contribution in [0.1, 0.15) is 33.0 Å². The van der Waals surface area contributed by atoms with Crippen LogP contribution in [0, 0.1) is 3.57 Å². The average Bonchev–Trinajstić information content (AvgIpc) is 2.29. The van der Waals surface area contributed by atoms with Crippen LogP contribution in [0.25, 0.3) is 0 Å². The second-order valence-corrected chi connectivity index (χ2v) is 4.82. The van der Waals surface area contributed by atoms with E-state index in [9.17, 15) is 0 Å². The normalized spacial score (nSPS) is 14.6. The zero-order chi connectivity index (χ0) is 12.2. The molecule has 1 unspecified atom stereocenters.